The van der Waals surface area contributed by atoms with Crippen LogP contribution in [0.15, 0.2) is 29.4 Å². The Labute approximate surface area is 287 Å². The van der Waals surface area contributed by atoms with Crippen LogP contribution in [0.4, 0.5) is 19.0 Å². The fraction of sp³-hybridized carbons (Fsp3) is 0.649. The molecule has 266 valence electrons. The summed E-state index contributed by atoms with van der Waals surface area (Å²) >= 11 is 0. The van der Waals surface area contributed by atoms with E-state index in [0.717, 1.165) is 63.7 Å². The van der Waals surface area contributed by atoms with Crippen molar-refractivity contribution in [1.82, 2.24) is 25.1 Å². The number of carbonyl (C=O) groups is 1. The first-order valence-corrected chi connectivity index (χ1v) is 17.9. The van der Waals surface area contributed by atoms with Crippen LogP contribution >= 0.6 is 0 Å². The van der Waals surface area contributed by atoms with Gasteiger partial charge in [0.25, 0.3) is 5.91 Å². The Kier molecular flexibility index (Phi) is 8.65. The average molecular weight is 682 g/mol. The maximum absolute atomic E-state index is 14.8. The van der Waals surface area contributed by atoms with E-state index in [-0.39, 0.29) is 29.8 Å². The number of alkyl halides is 3. The smallest absolute Gasteiger partial charge is 0.416 e. The largest absolute Gasteiger partial charge is 0.474 e. The standard InChI is InChI=1S/C37H50F3N7O2/c1-23(2)31-21-44(5)11-12-46(31)19-25-13-28-29(30(14-25)37(38,39)40)20-47(34(28)48)32-15-26(16-33(42-32)49-27-9-7-8-10-27)36(17-24(3)18-36)35(4)43-41-22-45(35)6/h13-16,22-24,27,31,43H,7-12,17-21H2,1-6H3/t24?,31-,35?,36?/m1/s1. The Hall–Kier alpha value is -3.38. The Morgan fingerprint density at radius 2 is 1.82 bits per heavy atom. The first-order chi connectivity index (χ1) is 23.2. The summed E-state index contributed by atoms with van der Waals surface area (Å²) in [6, 6.07) is 7.05. The second-order valence-electron chi connectivity index (χ2n) is 15.8. The number of ether oxygens (including phenoxy) is 1. The van der Waals surface area contributed by atoms with Gasteiger partial charge in [0, 0.05) is 56.3 Å². The fourth-order valence-corrected chi connectivity index (χ4v) is 9.12. The van der Waals surface area contributed by atoms with Gasteiger partial charge in [-0.2, -0.15) is 23.3 Å². The molecule has 1 saturated heterocycles. The summed E-state index contributed by atoms with van der Waals surface area (Å²) in [6.45, 7) is 11.3. The predicted molar refractivity (Wildman–Crippen MR) is 183 cm³/mol. The summed E-state index contributed by atoms with van der Waals surface area (Å²) in [7, 11) is 4.07. The molecule has 0 spiro atoms. The Balaban J connectivity index is 1.27. The number of fused-ring (bicyclic) bond motifs is 1. The lowest BCUT2D eigenvalue weighted by Gasteiger charge is -2.58. The molecule has 1 aromatic carbocycles. The van der Waals surface area contributed by atoms with Gasteiger partial charge in [-0.05, 0) is 99.2 Å². The van der Waals surface area contributed by atoms with Gasteiger partial charge in [0.1, 0.15) is 23.9 Å². The van der Waals surface area contributed by atoms with Crippen molar-refractivity contribution < 1.29 is 22.7 Å². The van der Waals surface area contributed by atoms with E-state index in [1.165, 1.54) is 11.0 Å². The van der Waals surface area contributed by atoms with Crippen LogP contribution in [0.25, 0.3) is 0 Å². The summed E-state index contributed by atoms with van der Waals surface area (Å²) in [5.41, 5.74) is 3.25. The van der Waals surface area contributed by atoms with Crippen molar-refractivity contribution >= 4 is 18.1 Å². The topological polar surface area (TPSA) is 76.5 Å². The molecule has 5 aliphatic rings. The average Bonchev–Trinajstić information content (AvgIpc) is 3.75. The number of pyridine rings is 1. The zero-order valence-electron chi connectivity index (χ0n) is 29.6. The molecule has 12 heteroatoms. The molecule has 0 bridgehead atoms. The molecule has 1 unspecified atom stereocenters. The Bertz CT molecular complexity index is 1620. The Morgan fingerprint density at radius 1 is 1.08 bits per heavy atom. The number of nitrogens with one attached hydrogen (secondary N) is 1. The van der Waals surface area contributed by atoms with Gasteiger partial charge in [-0.25, -0.2) is 0 Å². The van der Waals surface area contributed by atoms with Gasteiger partial charge in [-0.1, -0.05) is 20.8 Å². The summed E-state index contributed by atoms with van der Waals surface area (Å²) < 4.78 is 50.7. The van der Waals surface area contributed by atoms with Crippen molar-refractivity contribution in [1.29, 1.82) is 0 Å². The van der Waals surface area contributed by atoms with E-state index in [2.05, 4.69) is 60.0 Å². The molecular weight excluding hydrogens is 631 g/mol. The number of hydrogen-bond donors (Lipinski definition) is 1. The zero-order chi connectivity index (χ0) is 34.9. The molecule has 3 fully saturated rings. The summed E-state index contributed by atoms with van der Waals surface area (Å²) in [5.74, 6) is 1.08. The molecule has 1 N–H and O–H groups in total. The van der Waals surface area contributed by atoms with Crippen molar-refractivity contribution in [3.8, 4) is 5.88 Å². The minimum Gasteiger partial charge on any atom is -0.474 e. The number of hydrazone groups is 1. The van der Waals surface area contributed by atoms with Gasteiger partial charge < -0.3 is 14.5 Å². The number of nitrogens with zero attached hydrogens (tertiary/aromatic N) is 6. The van der Waals surface area contributed by atoms with Crippen molar-refractivity contribution in [2.24, 2.45) is 16.9 Å². The van der Waals surface area contributed by atoms with Crippen LogP contribution in [-0.4, -0.2) is 83.5 Å². The molecule has 4 heterocycles. The lowest BCUT2D eigenvalue weighted by atomic mass is 9.53. The van der Waals surface area contributed by atoms with Crippen LogP contribution < -0.4 is 15.1 Å². The first kappa shape index (κ1) is 34.1. The predicted octanol–water partition coefficient (Wildman–Crippen LogP) is 6.22. The number of benzene rings is 1. The molecule has 49 heavy (non-hydrogen) atoms. The van der Waals surface area contributed by atoms with Crippen molar-refractivity contribution in [3.05, 3.63) is 52.1 Å². The third kappa shape index (κ3) is 5.96. The molecule has 7 rings (SSSR count). The second-order valence-corrected chi connectivity index (χ2v) is 15.8. The normalized spacial score (nSPS) is 29.6. The summed E-state index contributed by atoms with van der Waals surface area (Å²) in [6.07, 6.45) is 2.95. The summed E-state index contributed by atoms with van der Waals surface area (Å²) in [5, 5.41) is 4.39. The van der Waals surface area contributed by atoms with Gasteiger partial charge in [-0.15, -0.1) is 0 Å². The Morgan fingerprint density at radius 3 is 2.45 bits per heavy atom. The minimum atomic E-state index is -4.61. The van der Waals surface area contributed by atoms with Crippen molar-refractivity contribution in [2.75, 3.05) is 38.6 Å². The molecule has 2 aliphatic carbocycles. The molecule has 1 aromatic heterocycles. The SMILES string of the molecule is CC1CC(c2cc(OC3CCCC3)nc(N3Cc4c(cc(CN5CCN(C)C[C@@H]5C(C)C)cc4C(F)(F)F)C3=O)c2)(C2(C)NN=CN2C)C1. The highest BCUT2D eigenvalue weighted by molar-refractivity contribution is 6.10. The maximum atomic E-state index is 14.8. The molecule has 9 nitrogen and oxygen atoms in total. The number of rotatable bonds is 8. The van der Waals surface area contributed by atoms with Crippen LogP contribution in [-0.2, 0) is 24.7 Å². The van der Waals surface area contributed by atoms with E-state index >= 15 is 0 Å². The first-order valence-electron chi connectivity index (χ1n) is 17.9. The van der Waals surface area contributed by atoms with Gasteiger partial charge in [0.05, 0.1) is 12.1 Å². The van der Waals surface area contributed by atoms with Crippen LogP contribution in [0.5, 0.6) is 5.88 Å². The van der Waals surface area contributed by atoms with Crippen LogP contribution in [0.3, 0.4) is 0 Å². The number of piperazine rings is 1. The second kappa shape index (κ2) is 12.4. The number of halogens is 3. The van der Waals surface area contributed by atoms with Crippen molar-refractivity contribution in [3.63, 3.8) is 0 Å². The van der Waals surface area contributed by atoms with E-state index < -0.39 is 28.7 Å². The van der Waals surface area contributed by atoms with Crippen LogP contribution in [0.2, 0.25) is 0 Å². The number of anilines is 1. The number of likely N-dealkylation sites (N-methyl/N-ethyl adjacent to an activating group) is 2. The van der Waals surface area contributed by atoms with Gasteiger partial charge in [-0.3, -0.25) is 20.0 Å². The molecular formula is C37H50F3N7O2. The maximum Gasteiger partial charge on any atom is 0.416 e. The van der Waals surface area contributed by atoms with Gasteiger partial charge in [0.2, 0.25) is 5.88 Å². The fourth-order valence-electron chi connectivity index (χ4n) is 9.12. The zero-order valence-corrected chi connectivity index (χ0v) is 29.6. The summed E-state index contributed by atoms with van der Waals surface area (Å²) in [4.78, 5) is 27.1. The monoisotopic (exact) mass is 681 g/mol. The number of hydrogen-bond acceptors (Lipinski definition) is 8. The molecule has 2 saturated carbocycles. The van der Waals surface area contributed by atoms with E-state index in [4.69, 9.17) is 9.72 Å². The number of aromatic nitrogens is 1. The lowest BCUT2D eigenvalue weighted by molar-refractivity contribution is -0.138. The highest BCUT2D eigenvalue weighted by Gasteiger charge is 2.59. The van der Waals surface area contributed by atoms with Gasteiger partial charge in [0.15, 0.2) is 0 Å². The third-order valence-electron chi connectivity index (χ3n) is 12.1. The quantitative estimate of drug-likeness (QED) is 0.355. The van der Waals surface area contributed by atoms with Crippen LogP contribution in [0.1, 0.15) is 98.8 Å². The number of amides is 1. The molecule has 0 radical (unpaired) electrons. The van der Waals surface area contributed by atoms with E-state index in [1.54, 1.807) is 12.4 Å². The minimum absolute atomic E-state index is 0.00929. The van der Waals surface area contributed by atoms with Crippen LogP contribution in [0, 0.1) is 11.8 Å². The lowest BCUT2D eigenvalue weighted by Crippen LogP contribution is -2.67. The van der Waals surface area contributed by atoms with Crippen molar-refractivity contribution in [2.45, 2.75) is 109 Å². The molecule has 2 aromatic rings. The van der Waals surface area contributed by atoms with E-state index in [9.17, 15) is 18.0 Å². The molecule has 3 aliphatic heterocycles. The third-order valence-corrected chi connectivity index (χ3v) is 12.1. The van der Waals surface area contributed by atoms with E-state index in [1.807, 2.05) is 19.2 Å². The van der Waals surface area contributed by atoms with E-state index in [0.29, 0.717) is 35.6 Å². The van der Waals surface area contributed by atoms with Gasteiger partial charge >= 0.3 is 6.18 Å². The molecule has 1 amide bonds. The highest BCUT2D eigenvalue weighted by Crippen LogP contribution is 2.56. The number of carbonyl (C=O) groups excluding carboxylic acids is 1. The molecule has 2 atom stereocenters. The highest BCUT2D eigenvalue weighted by atomic mass is 19.4.